The lowest BCUT2D eigenvalue weighted by Crippen LogP contribution is -3.14. The molecule has 5 rings (SSSR count). The summed E-state index contributed by atoms with van der Waals surface area (Å²) < 4.78 is 7.25. The summed E-state index contributed by atoms with van der Waals surface area (Å²) in [6.45, 7) is 11.8. The summed E-state index contributed by atoms with van der Waals surface area (Å²) in [6, 6.07) is 0. The normalized spacial score (nSPS) is 20.7. The second-order valence-electron chi connectivity index (χ2n) is 7.71. The molecule has 5 heterocycles. The van der Waals surface area contributed by atoms with Crippen LogP contribution >= 0.6 is 11.3 Å². The minimum atomic E-state index is 0.576. The van der Waals surface area contributed by atoms with Crippen LogP contribution in [0.4, 0.5) is 5.82 Å². The second-order valence-corrected chi connectivity index (χ2v) is 8.79. The summed E-state index contributed by atoms with van der Waals surface area (Å²) in [5.74, 6) is 1.53. The maximum Gasteiger partial charge on any atom is 0.276 e. The van der Waals surface area contributed by atoms with Crippen LogP contribution in [0.15, 0.2) is 0 Å². The SMILES string of the molecule is CC[NH+]1CCc2c(sc3c2c(NCCC[NH+]2CCOCC2)nc2nnnn23)C1. The standard InChI is InChI=1S/C18H26N8OS/c1-2-24-7-4-13-14(12-24)28-17-15(13)16(20-18-21-22-23-26(17)18)19-5-3-6-25-8-10-27-11-9-25/h2-12H2,1H3,(H,19,20,21,23)/p+2. The molecule has 0 bridgehead atoms. The third kappa shape index (κ3) is 3.34. The molecule has 1 fully saturated rings. The maximum absolute atomic E-state index is 5.45. The largest absolute Gasteiger partial charge is 0.370 e. The van der Waals surface area contributed by atoms with E-state index in [1.165, 1.54) is 35.5 Å². The van der Waals surface area contributed by atoms with E-state index in [1.54, 1.807) is 14.3 Å². The molecule has 0 saturated carbocycles. The molecule has 0 aromatic carbocycles. The first-order chi connectivity index (χ1) is 13.8. The van der Waals surface area contributed by atoms with Crippen molar-refractivity contribution in [1.29, 1.82) is 0 Å². The number of anilines is 1. The fourth-order valence-corrected chi connectivity index (χ4v) is 5.70. The molecule has 3 aromatic heterocycles. The van der Waals surface area contributed by atoms with Crippen molar-refractivity contribution in [3.8, 4) is 0 Å². The summed E-state index contributed by atoms with van der Waals surface area (Å²) >= 11 is 1.83. The highest BCUT2D eigenvalue weighted by Gasteiger charge is 2.27. The van der Waals surface area contributed by atoms with Crippen LogP contribution < -0.4 is 15.1 Å². The number of morpholine rings is 1. The van der Waals surface area contributed by atoms with Gasteiger partial charge in [-0.25, -0.2) is 0 Å². The molecule has 9 nitrogen and oxygen atoms in total. The van der Waals surface area contributed by atoms with Crippen molar-refractivity contribution in [2.24, 2.45) is 0 Å². The first kappa shape index (κ1) is 18.2. The van der Waals surface area contributed by atoms with Gasteiger partial charge < -0.3 is 19.9 Å². The molecule has 10 heteroatoms. The summed E-state index contributed by atoms with van der Waals surface area (Å²) in [7, 11) is 0. The number of aromatic nitrogens is 5. The number of hydrogen-bond acceptors (Lipinski definition) is 7. The average molecular weight is 405 g/mol. The number of nitrogens with one attached hydrogen (secondary N) is 3. The van der Waals surface area contributed by atoms with E-state index in [1.807, 2.05) is 11.3 Å². The van der Waals surface area contributed by atoms with E-state index in [0.29, 0.717) is 5.78 Å². The Hall–Kier alpha value is -1.88. The molecule has 1 atom stereocenters. The number of thiophene rings is 1. The Morgan fingerprint density at radius 1 is 1.21 bits per heavy atom. The predicted octanol–water partition coefficient (Wildman–Crippen LogP) is -1.59. The Morgan fingerprint density at radius 3 is 2.96 bits per heavy atom. The van der Waals surface area contributed by atoms with Crippen LogP contribution in [0, 0.1) is 0 Å². The Bertz CT molecular complexity index is 963. The van der Waals surface area contributed by atoms with Crippen molar-refractivity contribution < 1.29 is 14.5 Å². The number of hydrogen-bond donors (Lipinski definition) is 3. The second kappa shape index (κ2) is 7.86. The highest BCUT2D eigenvalue weighted by Crippen LogP contribution is 2.36. The van der Waals surface area contributed by atoms with Gasteiger partial charge in [-0.05, 0) is 22.9 Å². The van der Waals surface area contributed by atoms with E-state index >= 15 is 0 Å². The molecule has 0 radical (unpaired) electrons. The number of fused-ring (bicyclic) bond motifs is 5. The van der Waals surface area contributed by atoms with Gasteiger partial charge in [-0.15, -0.1) is 11.3 Å². The Morgan fingerprint density at radius 2 is 2.11 bits per heavy atom. The zero-order valence-corrected chi connectivity index (χ0v) is 17.1. The minimum Gasteiger partial charge on any atom is -0.370 e. The molecular weight excluding hydrogens is 376 g/mol. The van der Waals surface area contributed by atoms with Gasteiger partial charge in [0.2, 0.25) is 0 Å². The fraction of sp³-hybridized carbons (Fsp3) is 0.667. The van der Waals surface area contributed by atoms with Gasteiger partial charge in [-0.1, -0.05) is 5.10 Å². The zero-order valence-electron chi connectivity index (χ0n) is 16.3. The van der Waals surface area contributed by atoms with Crippen LogP contribution in [0.2, 0.25) is 0 Å². The molecule has 0 aliphatic carbocycles. The van der Waals surface area contributed by atoms with Gasteiger partial charge in [-0.2, -0.15) is 9.50 Å². The Kier molecular flexibility index (Phi) is 5.10. The molecule has 28 heavy (non-hydrogen) atoms. The van der Waals surface area contributed by atoms with Gasteiger partial charge in [0.05, 0.1) is 43.1 Å². The predicted molar refractivity (Wildman–Crippen MR) is 107 cm³/mol. The van der Waals surface area contributed by atoms with Gasteiger partial charge in [0.25, 0.3) is 5.78 Å². The monoisotopic (exact) mass is 404 g/mol. The molecule has 1 unspecified atom stereocenters. The number of quaternary nitrogens is 2. The Balaban J connectivity index is 1.40. The van der Waals surface area contributed by atoms with Crippen molar-refractivity contribution in [1.82, 2.24) is 25.0 Å². The summed E-state index contributed by atoms with van der Waals surface area (Å²) in [6.07, 6.45) is 2.22. The minimum absolute atomic E-state index is 0.576. The van der Waals surface area contributed by atoms with E-state index in [0.717, 1.165) is 62.9 Å². The molecule has 2 aliphatic heterocycles. The summed E-state index contributed by atoms with van der Waals surface area (Å²) in [4.78, 5) is 10.6. The number of likely N-dealkylation sites (N-methyl/N-ethyl adjacent to an activating group) is 1. The van der Waals surface area contributed by atoms with Crippen LogP contribution in [-0.2, 0) is 17.7 Å². The van der Waals surface area contributed by atoms with E-state index in [2.05, 4.69) is 27.8 Å². The molecule has 1 saturated heterocycles. The first-order valence-electron chi connectivity index (χ1n) is 10.3. The quantitative estimate of drug-likeness (QED) is 0.430. The van der Waals surface area contributed by atoms with Crippen molar-refractivity contribution in [3.63, 3.8) is 0 Å². The van der Waals surface area contributed by atoms with Crippen LogP contribution in [0.5, 0.6) is 0 Å². The number of tetrazole rings is 1. The summed E-state index contributed by atoms with van der Waals surface area (Å²) in [5.41, 5.74) is 1.45. The highest BCUT2D eigenvalue weighted by molar-refractivity contribution is 7.19. The van der Waals surface area contributed by atoms with Gasteiger partial charge in [0, 0.05) is 19.4 Å². The lowest BCUT2D eigenvalue weighted by atomic mass is 10.0. The van der Waals surface area contributed by atoms with Crippen LogP contribution in [0.1, 0.15) is 23.8 Å². The molecule has 0 amide bonds. The van der Waals surface area contributed by atoms with Crippen molar-refractivity contribution >= 4 is 33.1 Å². The van der Waals surface area contributed by atoms with E-state index in [9.17, 15) is 0 Å². The molecule has 2 aliphatic rings. The molecule has 0 spiro atoms. The van der Waals surface area contributed by atoms with Crippen LogP contribution in [0.25, 0.3) is 16.0 Å². The number of nitrogens with zero attached hydrogens (tertiary/aromatic N) is 5. The number of ether oxygens (including phenoxy) is 1. The van der Waals surface area contributed by atoms with Gasteiger partial charge in [-0.3, -0.25) is 0 Å². The molecular formula is C18H28N8OS+2. The number of rotatable bonds is 6. The van der Waals surface area contributed by atoms with Crippen LogP contribution in [-0.4, -0.2) is 77.5 Å². The van der Waals surface area contributed by atoms with Gasteiger partial charge in [0.1, 0.15) is 30.3 Å². The lowest BCUT2D eigenvalue weighted by Gasteiger charge is -2.23. The molecule has 3 N–H and O–H groups in total. The lowest BCUT2D eigenvalue weighted by molar-refractivity contribution is -0.913. The van der Waals surface area contributed by atoms with Gasteiger partial charge >= 0.3 is 0 Å². The van der Waals surface area contributed by atoms with E-state index in [4.69, 9.17) is 9.72 Å². The van der Waals surface area contributed by atoms with E-state index < -0.39 is 0 Å². The fourth-order valence-electron chi connectivity index (χ4n) is 4.34. The first-order valence-corrected chi connectivity index (χ1v) is 11.2. The van der Waals surface area contributed by atoms with E-state index in [-0.39, 0.29) is 0 Å². The molecule has 3 aromatic rings. The topological polar surface area (TPSA) is 86.1 Å². The average Bonchev–Trinajstić information content (AvgIpc) is 3.35. The zero-order chi connectivity index (χ0) is 18.9. The van der Waals surface area contributed by atoms with Crippen molar-refractivity contribution in [2.75, 3.05) is 57.8 Å². The van der Waals surface area contributed by atoms with Crippen LogP contribution in [0.3, 0.4) is 0 Å². The highest BCUT2D eigenvalue weighted by atomic mass is 32.1. The third-order valence-corrected chi connectivity index (χ3v) is 7.21. The third-order valence-electron chi connectivity index (χ3n) is 6.00. The summed E-state index contributed by atoms with van der Waals surface area (Å²) in [5, 5.41) is 17.0. The van der Waals surface area contributed by atoms with Gasteiger partial charge in [0.15, 0.2) is 0 Å². The Labute approximate surface area is 167 Å². The molecule has 150 valence electrons. The van der Waals surface area contributed by atoms with Crippen molar-refractivity contribution in [2.45, 2.75) is 26.3 Å². The smallest absolute Gasteiger partial charge is 0.276 e. The van der Waals surface area contributed by atoms with Crippen molar-refractivity contribution in [3.05, 3.63) is 10.4 Å². The maximum atomic E-state index is 5.45.